The van der Waals surface area contributed by atoms with E-state index in [9.17, 15) is 4.79 Å². The zero-order chi connectivity index (χ0) is 20.5. The van der Waals surface area contributed by atoms with Crippen LogP contribution in [0.15, 0.2) is 24.3 Å². The van der Waals surface area contributed by atoms with E-state index >= 15 is 0 Å². The average molecular weight is 389 g/mol. The SMILES string of the molecule is CCCCCCCCCCCCCCCc1cccc(OC(CC)C([NH])=O)c1. The van der Waals surface area contributed by atoms with E-state index in [4.69, 9.17) is 10.5 Å². The Kier molecular flexibility index (Phi) is 14.4. The lowest BCUT2D eigenvalue weighted by atomic mass is 10.0. The number of hydrogen-bond acceptors (Lipinski definition) is 2. The third kappa shape index (κ3) is 12.0. The molecule has 1 aromatic carbocycles. The highest BCUT2D eigenvalue weighted by Crippen LogP contribution is 2.18. The number of hydrogen-bond donors (Lipinski definition) is 0. The molecule has 1 rings (SSSR count). The van der Waals surface area contributed by atoms with Crippen molar-refractivity contribution < 1.29 is 9.53 Å². The second kappa shape index (κ2) is 16.4. The predicted molar refractivity (Wildman–Crippen MR) is 119 cm³/mol. The molecule has 0 saturated heterocycles. The zero-order valence-corrected chi connectivity index (χ0v) is 18.3. The van der Waals surface area contributed by atoms with Crippen molar-refractivity contribution in [1.29, 1.82) is 0 Å². The van der Waals surface area contributed by atoms with E-state index in [1.165, 1.54) is 89.0 Å². The fourth-order valence-electron chi connectivity index (χ4n) is 3.61. The molecule has 159 valence electrons. The molecule has 1 N–H and O–H groups in total. The first-order valence-electron chi connectivity index (χ1n) is 11.7. The molecule has 0 aliphatic heterocycles. The summed E-state index contributed by atoms with van der Waals surface area (Å²) in [5.41, 5.74) is 8.49. The van der Waals surface area contributed by atoms with Crippen LogP contribution in [0.4, 0.5) is 0 Å². The lowest BCUT2D eigenvalue weighted by molar-refractivity contribution is -0.125. The standard InChI is InChI=1S/C25H42NO2/c1-3-5-6-7-8-9-10-11-12-13-14-15-16-18-22-19-17-20-23(21-22)28-24(4-2)25(26)27/h17,19-21,24,26H,3-16,18H2,1-2H3. The molecule has 0 aliphatic carbocycles. The molecule has 0 aliphatic rings. The van der Waals surface area contributed by atoms with Gasteiger partial charge in [0, 0.05) is 0 Å². The minimum absolute atomic E-state index is 0.533. The third-order valence-corrected chi connectivity index (χ3v) is 5.41. The van der Waals surface area contributed by atoms with Crippen LogP contribution in [0.3, 0.4) is 0 Å². The van der Waals surface area contributed by atoms with Gasteiger partial charge in [0.05, 0.1) is 0 Å². The number of nitrogens with one attached hydrogen (secondary N) is 1. The molecule has 0 spiro atoms. The second-order valence-corrected chi connectivity index (χ2v) is 8.02. The first-order valence-corrected chi connectivity index (χ1v) is 11.7. The molecule has 0 aromatic heterocycles. The van der Waals surface area contributed by atoms with Gasteiger partial charge in [-0.3, -0.25) is 10.5 Å². The molecule has 3 nitrogen and oxygen atoms in total. The van der Waals surface area contributed by atoms with Gasteiger partial charge in [-0.1, -0.05) is 103 Å². The van der Waals surface area contributed by atoms with Crippen LogP contribution < -0.4 is 10.5 Å². The molecule has 0 heterocycles. The lowest BCUT2D eigenvalue weighted by Gasteiger charge is -2.14. The van der Waals surface area contributed by atoms with E-state index < -0.39 is 12.0 Å². The topological polar surface area (TPSA) is 50.1 Å². The maximum absolute atomic E-state index is 11.2. The minimum Gasteiger partial charge on any atom is -0.481 e. The summed E-state index contributed by atoms with van der Waals surface area (Å²) in [6, 6.07) is 8.00. The highest BCUT2D eigenvalue weighted by Gasteiger charge is 2.15. The number of amides is 1. The van der Waals surface area contributed by atoms with E-state index in [1.54, 1.807) is 0 Å². The highest BCUT2D eigenvalue weighted by atomic mass is 16.5. The normalized spacial score (nSPS) is 12.1. The minimum atomic E-state index is -0.649. The Balaban J connectivity index is 2.04. The molecule has 28 heavy (non-hydrogen) atoms. The Bertz CT molecular complexity index is 515. The Morgan fingerprint density at radius 1 is 0.857 bits per heavy atom. The Hall–Kier alpha value is -1.51. The molecule has 0 fully saturated rings. The van der Waals surface area contributed by atoms with Crippen molar-refractivity contribution in [3.63, 3.8) is 0 Å². The van der Waals surface area contributed by atoms with Gasteiger partial charge in [0.1, 0.15) is 5.75 Å². The summed E-state index contributed by atoms with van der Waals surface area (Å²) in [5.74, 6) is 0.0593. The number of aryl methyl sites for hydroxylation is 1. The van der Waals surface area contributed by atoms with Crippen molar-refractivity contribution in [2.75, 3.05) is 0 Å². The van der Waals surface area contributed by atoms with Gasteiger partial charge in [-0.2, -0.15) is 0 Å². The van der Waals surface area contributed by atoms with E-state index in [-0.39, 0.29) is 0 Å². The zero-order valence-electron chi connectivity index (χ0n) is 18.3. The van der Waals surface area contributed by atoms with Gasteiger partial charge < -0.3 is 4.74 Å². The van der Waals surface area contributed by atoms with Gasteiger partial charge in [-0.25, -0.2) is 0 Å². The molecule has 1 radical (unpaired) electrons. The van der Waals surface area contributed by atoms with Crippen molar-refractivity contribution in [1.82, 2.24) is 5.73 Å². The number of benzene rings is 1. The van der Waals surface area contributed by atoms with Crippen molar-refractivity contribution in [2.24, 2.45) is 0 Å². The second-order valence-electron chi connectivity index (χ2n) is 8.02. The molecule has 1 atom stereocenters. The first-order chi connectivity index (χ1) is 13.7. The first kappa shape index (κ1) is 24.5. The maximum Gasteiger partial charge on any atom is 0.279 e. The van der Waals surface area contributed by atoms with Crippen LogP contribution in [0.2, 0.25) is 0 Å². The highest BCUT2D eigenvalue weighted by molar-refractivity contribution is 5.78. The van der Waals surface area contributed by atoms with Gasteiger partial charge in [0.15, 0.2) is 6.10 Å². The van der Waals surface area contributed by atoms with Gasteiger partial charge in [-0.05, 0) is 37.0 Å². The lowest BCUT2D eigenvalue weighted by Crippen LogP contribution is -2.27. The average Bonchev–Trinajstić information content (AvgIpc) is 2.69. The summed E-state index contributed by atoms with van der Waals surface area (Å²) < 4.78 is 5.65. The summed E-state index contributed by atoms with van der Waals surface area (Å²) in [6.45, 7) is 4.15. The predicted octanol–water partition coefficient (Wildman–Crippen LogP) is 7.29. The van der Waals surface area contributed by atoms with Crippen LogP contribution in [-0.2, 0) is 11.2 Å². The van der Waals surface area contributed by atoms with Gasteiger partial charge in [-0.15, -0.1) is 0 Å². The summed E-state index contributed by atoms with van der Waals surface area (Å²) in [5, 5.41) is 0. The fraction of sp³-hybridized carbons (Fsp3) is 0.720. The van der Waals surface area contributed by atoms with Crippen LogP contribution >= 0.6 is 0 Å². The monoisotopic (exact) mass is 388 g/mol. The van der Waals surface area contributed by atoms with Crippen LogP contribution in [0.25, 0.3) is 0 Å². The Morgan fingerprint density at radius 3 is 1.89 bits per heavy atom. The molecular formula is C25H42NO2. The van der Waals surface area contributed by atoms with Crippen molar-refractivity contribution in [2.45, 2.75) is 116 Å². The van der Waals surface area contributed by atoms with Crippen molar-refractivity contribution >= 4 is 5.91 Å². The van der Waals surface area contributed by atoms with Crippen LogP contribution in [0, 0.1) is 0 Å². The molecule has 3 heteroatoms. The van der Waals surface area contributed by atoms with E-state index in [0.29, 0.717) is 12.2 Å². The van der Waals surface area contributed by atoms with Crippen LogP contribution in [0.1, 0.15) is 109 Å². The number of ether oxygens (including phenoxy) is 1. The Labute approximate surface area is 173 Å². The van der Waals surface area contributed by atoms with E-state index in [2.05, 4.69) is 13.0 Å². The van der Waals surface area contributed by atoms with Crippen molar-refractivity contribution in [3.8, 4) is 5.75 Å². The molecule has 0 saturated carbocycles. The van der Waals surface area contributed by atoms with E-state index in [0.717, 1.165) is 6.42 Å². The largest absolute Gasteiger partial charge is 0.481 e. The smallest absolute Gasteiger partial charge is 0.279 e. The summed E-state index contributed by atoms with van der Waals surface area (Å²) >= 11 is 0. The van der Waals surface area contributed by atoms with Crippen molar-refractivity contribution in [3.05, 3.63) is 29.8 Å². The molecule has 1 aromatic rings. The van der Waals surface area contributed by atoms with Crippen LogP contribution in [-0.4, -0.2) is 12.0 Å². The molecule has 0 bridgehead atoms. The summed E-state index contributed by atoms with van der Waals surface area (Å²) in [6.07, 6.45) is 18.8. The summed E-state index contributed by atoms with van der Waals surface area (Å²) in [7, 11) is 0. The quantitative estimate of drug-likeness (QED) is 0.248. The number of unbranched alkanes of at least 4 members (excludes halogenated alkanes) is 12. The number of carbonyl (C=O) groups excluding carboxylic acids is 1. The Morgan fingerprint density at radius 2 is 1.39 bits per heavy atom. The molecule has 1 unspecified atom stereocenters. The van der Waals surface area contributed by atoms with Gasteiger partial charge in [0.25, 0.3) is 5.91 Å². The van der Waals surface area contributed by atoms with E-state index in [1.807, 2.05) is 25.1 Å². The maximum atomic E-state index is 11.2. The van der Waals surface area contributed by atoms with Gasteiger partial charge in [0.2, 0.25) is 0 Å². The fourth-order valence-corrected chi connectivity index (χ4v) is 3.61. The molecular weight excluding hydrogens is 346 g/mol. The number of carbonyl (C=O) groups is 1. The number of rotatable bonds is 18. The molecule has 1 amide bonds. The van der Waals surface area contributed by atoms with Crippen LogP contribution in [0.5, 0.6) is 5.75 Å². The van der Waals surface area contributed by atoms with Gasteiger partial charge >= 0.3 is 0 Å². The third-order valence-electron chi connectivity index (χ3n) is 5.41. The summed E-state index contributed by atoms with van der Waals surface area (Å²) in [4.78, 5) is 11.2.